The van der Waals surface area contributed by atoms with Gasteiger partial charge in [-0.05, 0) is 56.7 Å². The van der Waals surface area contributed by atoms with E-state index in [2.05, 4.69) is 61.5 Å². The molecule has 1 aromatic heterocycles. The van der Waals surface area contributed by atoms with Gasteiger partial charge in [0, 0.05) is 38.9 Å². The van der Waals surface area contributed by atoms with Gasteiger partial charge < -0.3 is 19.4 Å². The van der Waals surface area contributed by atoms with Gasteiger partial charge in [0.05, 0.1) is 12.8 Å². The van der Waals surface area contributed by atoms with Gasteiger partial charge in [0.25, 0.3) is 5.91 Å². The van der Waals surface area contributed by atoms with Crippen LogP contribution in [0.4, 0.5) is 5.69 Å². The van der Waals surface area contributed by atoms with Crippen molar-refractivity contribution in [1.29, 1.82) is 0 Å². The second kappa shape index (κ2) is 8.85. The summed E-state index contributed by atoms with van der Waals surface area (Å²) in [6.45, 7) is 6.45. The van der Waals surface area contributed by atoms with Gasteiger partial charge in [-0.3, -0.25) is 4.79 Å². The number of halogens is 1. The van der Waals surface area contributed by atoms with E-state index in [1.54, 1.807) is 12.3 Å². The Morgan fingerprint density at radius 1 is 1.13 bits per heavy atom. The molecule has 0 unspecified atom stereocenters. The second-order valence-corrected chi connectivity index (χ2v) is 8.16. The Morgan fingerprint density at radius 3 is 2.74 bits per heavy atom. The molecule has 0 saturated heterocycles. The number of nitrogens with one attached hydrogen (secondary N) is 2. The average Bonchev–Trinajstić information content (AvgIpc) is 3.32. The molecule has 2 aromatic carbocycles. The largest absolute Gasteiger partial charge is 0.454 e. The molecule has 2 heterocycles. The molecular formula is C23H23BrN4O3. The zero-order chi connectivity index (χ0) is 22.0. The SMILES string of the molecule is Cc1ccc(-n2c(C)cc(/C=N\NC(=O)CNc3ccc4c(c3)OCO4)c2C)cc1Br. The highest BCUT2D eigenvalue weighted by molar-refractivity contribution is 9.10. The summed E-state index contributed by atoms with van der Waals surface area (Å²) in [5.41, 5.74) is 8.67. The molecule has 8 heteroatoms. The maximum atomic E-state index is 12.1. The van der Waals surface area contributed by atoms with Crippen molar-refractivity contribution in [2.45, 2.75) is 20.8 Å². The number of fused-ring (bicyclic) bond motifs is 1. The lowest BCUT2D eigenvalue weighted by atomic mass is 10.2. The van der Waals surface area contributed by atoms with Crippen LogP contribution in [-0.2, 0) is 4.79 Å². The lowest BCUT2D eigenvalue weighted by molar-refractivity contribution is -0.119. The van der Waals surface area contributed by atoms with Crippen molar-refractivity contribution < 1.29 is 14.3 Å². The molecular weight excluding hydrogens is 460 g/mol. The van der Waals surface area contributed by atoms with Crippen LogP contribution in [0.5, 0.6) is 11.5 Å². The summed E-state index contributed by atoms with van der Waals surface area (Å²) in [7, 11) is 0. The summed E-state index contributed by atoms with van der Waals surface area (Å²) in [5.74, 6) is 1.12. The number of aromatic nitrogens is 1. The van der Waals surface area contributed by atoms with Crippen molar-refractivity contribution in [3.63, 3.8) is 0 Å². The van der Waals surface area contributed by atoms with Crippen molar-refractivity contribution >= 4 is 33.7 Å². The number of benzene rings is 2. The molecule has 0 bridgehead atoms. The van der Waals surface area contributed by atoms with Crippen molar-refractivity contribution in [3.8, 4) is 17.2 Å². The Hall–Kier alpha value is -3.26. The van der Waals surface area contributed by atoms with Gasteiger partial charge in [0.15, 0.2) is 11.5 Å². The molecule has 7 nitrogen and oxygen atoms in total. The zero-order valence-electron chi connectivity index (χ0n) is 17.5. The summed E-state index contributed by atoms with van der Waals surface area (Å²) < 4.78 is 13.8. The van der Waals surface area contributed by atoms with Crippen LogP contribution >= 0.6 is 15.9 Å². The third-order valence-corrected chi connectivity index (χ3v) is 5.96. The monoisotopic (exact) mass is 482 g/mol. The highest BCUT2D eigenvalue weighted by atomic mass is 79.9. The number of amides is 1. The Labute approximate surface area is 189 Å². The standard InChI is InChI=1S/C23H23BrN4O3/c1-14-4-6-19(10-20(14)24)28-15(2)8-17(16(28)3)11-26-27-23(29)12-25-18-5-7-21-22(9-18)31-13-30-21/h4-11,25H,12-13H2,1-3H3,(H,27,29)/b26-11-. The van der Waals surface area contributed by atoms with Gasteiger partial charge in [0.1, 0.15) is 0 Å². The maximum Gasteiger partial charge on any atom is 0.259 e. The summed E-state index contributed by atoms with van der Waals surface area (Å²) in [6.07, 6.45) is 1.67. The molecule has 3 aromatic rings. The quantitative estimate of drug-likeness (QED) is 0.401. The molecule has 0 radical (unpaired) electrons. The van der Waals surface area contributed by atoms with Crippen LogP contribution in [0.15, 0.2) is 52.0 Å². The minimum atomic E-state index is -0.245. The first kappa shape index (κ1) is 21.0. The van der Waals surface area contributed by atoms with Crippen LogP contribution in [0.25, 0.3) is 5.69 Å². The molecule has 31 heavy (non-hydrogen) atoms. The number of hydrazone groups is 1. The number of rotatable bonds is 6. The summed E-state index contributed by atoms with van der Waals surface area (Å²) >= 11 is 3.60. The number of carbonyl (C=O) groups excluding carboxylic acids is 1. The van der Waals surface area contributed by atoms with Gasteiger partial charge >= 0.3 is 0 Å². The third kappa shape index (κ3) is 4.59. The fourth-order valence-corrected chi connectivity index (χ4v) is 3.81. The van der Waals surface area contributed by atoms with E-state index < -0.39 is 0 Å². The van der Waals surface area contributed by atoms with Crippen molar-refractivity contribution in [1.82, 2.24) is 9.99 Å². The van der Waals surface area contributed by atoms with Gasteiger partial charge in [-0.1, -0.05) is 22.0 Å². The van der Waals surface area contributed by atoms with E-state index in [1.807, 2.05) is 32.0 Å². The first-order chi connectivity index (χ1) is 14.9. The molecule has 1 aliphatic heterocycles. The fraction of sp³-hybridized carbons (Fsp3) is 0.217. The van der Waals surface area contributed by atoms with Gasteiger partial charge in [-0.15, -0.1) is 0 Å². The zero-order valence-corrected chi connectivity index (χ0v) is 19.1. The number of hydrogen-bond acceptors (Lipinski definition) is 5. The van der Waals surface area contributed by atoms with E-state index in [1.165, 1.54) is 5.56 Å². The molecule has 0 atom stereocenters. The summed E-state index contributed by atoms with van der Waals surface area (Å²) in [6, 6.07) is 13.8. The number of aryl methyl sites for hydroxylation is 2. The highest BCUT2D eigenvalue weighted by Crippen LogP contribution is 2.34. The first-order valence-corrected chi connectivity index (χ1v) is 10.6. The first-order valence-electron chi connectivity index (χ1n) is 9.83. The van der Waals surface area contributed by atoms with Crippen LogP contribution in [0.3, 0.4) is 0 Å². The highest BCUT2D eigenvalue weighted by Gasteiger charge is 2.13. The topological polar surface area (TPSA) is 76.9 Å². The maximum absolute atomic E-state index is 12.1. The molecule has 1 aliphatic rings. The van der Waals surface area contributed by atoms with Crippen LogP contribution in [0, 0.1) is 20.8 Å². The van der Waals surface area contributed by atoms with E-state index in [0.717, 1.165) is 32.8 Å². The number of anilines is 1. The van der Waals surface area contributed by atoms with Crippen LogP contribution < -0.4 is 20.2 Å². The molecule has 4 rings (SSSR count). The smallest absolute Gasteiger partial charge is 0.259 e. The number of nitrogens with zero attached hydrogens (tertiary/aromatic N) is 2. The fourth-order valence-electron chi connectivity index (χ4n) is 3.44. The van der Waals surface area contributed by atoms with Gasteiger partial charge in [-0.2, -0.15) is 5.10 Å². The van der Waals surface area contributed by atoms with Gasteiger partial charge in [0.2, 0.25) is 6.79 Å². The van der Waals surface area contributed by atoms with Gasteiger partial charge in [-0.25, -0.2) is 5.43 Å². The summed E-state index contributed by atoms with van der Waals surface area (Å²) in [5, 5.41) is 7.17. The van der Waals surface area contributed by atoms with Crippen LogP contribution in [-0.4, -0.2) is 30.0 Å². The normalized spacial score (nSPS) is 12.4. The number of ether oxygens (including phenoxy) is 2. The van der Waals surface area contributed by atoms with Crippen molar-refractivity contribution in [2.24, 2.45) is 5.10 Å². The second-order valence-electron chi connectivity index (χ2n) is 7.31. The molecule has 1 amide bonds. The average molecular weight is 483 g/mol. The Balaban J connectivity index is 1.37. The van der Waals surface area contributed by atoms with E-state index in [0.29, 0.717) is 11.5 Å². The predicted octanol–water partition coefficient (Wildman–Crippen LogP) is 4.46. The Morgan fingerprint density at radius 2 is 1.94 bits per heavy atom. The van der Waals surface area contributed by atoms with E-state index >= 15 is 0 Å². The number of hydrogen-bond donors (Lipinski definition) is 2. The molecule has 0 saturated carbocycles. The predicted molar refractivity (Wildman–Crippen MR) is 124 cm³/mol. The van der Waals surface area contributed by atoms with E-state index in [-0.39, 0.29) is 19.2 Å². The molecule has 2 N–H and O–H groups in total. The Bertz CT molecular complexity index is 1170. The molecule has 160 valence electrons. The minimum Gasteiger partial charge on any atom is -0.454 e. The third-order valence-electron chi connectivity index (χ3n) is 5.10. The van der Waals surface area contributed by atoms with Crippen molar-refractivity contribution in [3.05, 3.63) is 69.5 Å². The van der Waals surface area contributed by atoms with Crippen LogP contribution in [0.1, 0.15) is 22.5 Å². The van der Waals surface area contributed by atoms with E-state index in [9.17, 15) is 4.79 Å². The van der Waals surface area contributed by atoms with Crippen LogP contribution in [0.2, 0.25) is 0 Å². The molecule has 0 aliphatic carbocycles. The lowest BCUT2D eigenvalue weighted by Gasteiger charge is -2.11. The van der Waals surface area contributed by atoms with Crippen molar-refractivity contribution in [2.75, 3.05) is 18.7 Å². The molecule has 0 spiro atoms. The molecule has 0 fully saturated rings. The Kier molecular flexibility index (Phi) is 5.99. The minimum absolute atomic E-state index is 0.0907. The number of carbonyl (C=O) groups is 1. The summed E-state index contributed by atoms with van der Waals surface area (Å²) in [4.78, 5) is 12.1. The lowest BCUT2D eigenvalue weighted by Crippen LogP contribution is -2.25. The van der Waals surface area contributed by atoms with E-state index in [4.69, 9.17) is 9.47 Å².